The molecule has 3 nitrogen and oxygen atoms in total. The number of halogens is 2. The first-order chi connectivity index (χ1) is 10.5. The molecule has 0 aliphatic heterocycles. The van der Waals surface area contributed by atoms with E-state index < -0.39 is 17.7 Å². The number of hydrogen-bond donors (Lipinski definition) is 0. The van der Waals surface area contributed by atoms with E-state index in [0.29, 0.717) is 0 Å². The molecule has 1 amide bonds. The van der Waals surface area contributed by atoms with Crippen LogP contribution in [-0.4, -0.2) is 17.9 Å². The van der Waals surface area contributed by atoms with Gasteiger partial charge in [0.25, 0.3) is 0 Å². The molecule has 1 saturated carbocycles. The lowest BCUT2D eigenvalue weighted by Crippen LogP contribution is -2.31. The second-order valence-corrected chi connectivity index (χ2v) is 5.76. The molecule has 1 aromatic heterocycles. The summed E-state index contributed by atoms with van der Waals surface area (Å²) in [6.45, 7) is 1.69. The van der Waals surface area contributed by atoms with Crippen LogP contribution in [-0.2, 0) is 4.79 Å². The molecule has 5 heteroatoms. The summed E-state index contributed by atoms with van der Waals surface area (Å²) in [5.74, 6) is -0.338. The van der Waals surface area contributed by atoms with Gasteiger partial charge in [0.2, 0.25) is 5.91 Å². The van der Waals surface area contributed by atoms with Crippen LogP contribution in [0.1, 0.15) is 36.6 Å². The minimum Gasteiger partial charge on any atom is -0.469 e. The molecule has 22 heavy (non-hydrogen) atoms. The number of benzene rings is 1. The highest BCUT2D eigenvalue weighted by molar-refractivity contribution is 5.83. The van der Waals surface area contributed by atoms with Crippen LogP contribution < -0.4 is 0 Å². The van der Waals surface area contributed by atoms with Gasteiger partial charge in [-0.1, -0.05) is 0 Å². The third-order valence-corrected chi connectivity index (χ3v) is 4.35. The molecular weight excluding hydrogens is 288 g/mol. The lowest BCUT2D eigenvalue weighted by atomic mass is 10.1. The van der Waals surface area contributed by atoms with E-state index in [1.54, 1.807) is 26.3 Å². The predicted octanol–water partition coefficient (Wildman–Crippen LogP) is 3.88. The van der Waals surface area contributed by atoms with Crippen molar-refractivity contribution in [1.29, 1.82) is 0 Å². The van der Waals surface area contributed by atoms with Crippen LogP contribution in [0.4, 0.5) is 8.78 Å². The van der Waals surface area contributed by atoms with Gasteiger partial charge in [0.05, 0.1) is 12.3 Å². The van der Waals surface area contributed by atoms with E-state index in [-0.39, 0.29) is 23.3 Å². The van der Waals surface area contributed by atoms with Gasteiger partial charge in [-0.05, 0) is 43.7 Å². The fourth-order valence-corrected chi connectivity index (χ4v) is 2.78. The molecule has 0 saturated heterocycles. The number of carbonyl (C=O) groups excluding carboxylic acids is 1. The standard InChI is InChI=1S/C17H17F2NO2/c1-10(12-8-11(18)5-6-15(12)19)20(2)17(21)14-9-13(14)16-4-3-7-22-16/h3-8,10,13-14H,9H2,1-2H3. The highest BCUT2D eigenvalue weighted by Crippen LogP contribution is 2.49. The van der Waals surface area contributed by atoms with Crippen LogP contribution >= 0.6 is 0 Å². The zero-order valence-electron chi connectivity index (χ0n) is 12.4. The maximum atomic E-state index is 13.8. The SMILES string of the molecule is CC(c1cc(F)ccc1F)N(C)C(=O)C1CC1c1ccco1. The van der Waals surface area contributed by atoms with E-state index in [2.05, 4.69) is 0 Å². The van der Waals surface area contributed by atoms with Crippen LogP contribution in [0.5, 0.6) is 0 Å². The molecule has 2 aromatic rings. The first kappa shape index (κ1) is 14.8. The normalized spacial score (nSPS) is 21.5. The van der Waals surface area contributed by atoms with Gasteiger partial charge in [-0.2, -0.15) is 0 Å². The molecule has 1 aromatic carbocycles. The average molecular weight is 305 g/mol. The number of hydrogen-bond acceptors (Lipinski definition) is 2. The van der Waals surface area contributed by atoms with Gasteiger partial charge in [-0.3, -0.25) is 4.79 Å². The maximum Gasteiger partial charge on any atom is 0.226 e. The zero-order chi connectivity index (χ0) is 15.9. The van der Waals surface area contributed by atoms with Gasteiger partial charge in [0.15, 0.2) is 0 Å². The van der Waals surface area contributed by atoms with Gasteiger partial charge in [0.1, 0.15) is 17.4 Å². The molecule has 0 bridgehead atoms. The minimum atomic E-state index is -0.527. The second-order valence-electron chi connectivity index (χ2n) is 5.76. The highest BCUT2D eigenvalue weighted by Gasteiger charge is 2.47. The molecule has 0 radical (unpaired) electrons. The van der Waals surface area contributed by atoms with E-state index in [0.717, 1.165) is 30.4 Å². The van der Waals surface area contributed by atoms with Crippen LogP contribution in [0.3, 0.4) is 0 Å². The Morgan fingerprint density at radius 1 is 1.36 bits per heavy atom. The predicted molar refractivity (Wildman–Crippen MR) is 77.1 cm³/mol. The number of amides is 1. The molecular formula is C17H17F2NO2. The van der Waals surface area contributed by atoms with Gasteiger partial charge < -0.3 is 9.32 Å². The van der Waals surface area contributed by atoms with Crippen molar-refractivity contribution in [1.82, 2.24) is 4.90 Å². The Bertz CT molecular complexity index is 684. The summed E-state index contributed by atoms with van der Waals surface area (Å²) in [7, 11) is 1.62. The van der Waals surface area contributed by atoms with Gasteiger partial charge in [-0.15, -0.1) is 0 Å². The van der Waals surface area contributed by atoms with E-state index in [1.165, 1.54) is 4.90 Å². The molecule has 1 aliphatic rings. The Kier molecular flexibility index (Phi) is 3.72. The first-order valence-electron chi connectivity index (χ1n) is 7.24. The molecule has 0 N–H and O–H groups in total. The monoisotopic (exact) mass is 305 g/mol. The van der Waals surface area contributed by atoms with Gasteiger partial charge in [0, 0.05) is 24.4 Å². The molecule has 3 atom stereocenters. The lowest BCUT2D eigenvalue weighted by Gasteiger charge is -2.26. The second kappa shape index (κ2) is 5.55. The largest absolute Gasteiger partial charge is 0.469 e. The zero-order valence-corrected chi connectivity index (χ0v) is 12.4. The minimum absolute atomic E-state index is 0.0717. The Labute approximate surface area is 127 Å². The van der Waals surface area contributed by atoms with Crippen LogP contribution in [0.25, 0.3) is 0 Å². The number of rotatable bonds is 4. The smallest absolute Gasteiger partial charge is 0.226 e. The number of nitrogens with zero attached hydrogens (tertiary/aromatic N) is 1. The lowest BCUT2D eigenvalue weighted by molar-refractivity contribution is -0.133. The van der Waals surface area contributed by atoms with Crippen molar-refractivity contribution in [3.05, 3.63) is 59.6 Å². The molecule has 1 fully saturated rings. The molecule has 1 aliphatic carbocycles. The van der Waals surface area contributed by atoms with Crippen LogP contribution in [0.2, 0.25) is 0 Å². The van der Waals surface area contributed by atoms with Crippen molar-refractivity contribution >= 4 is 5.91 Å². The average Bonchev–Trinajstić information content (AvgIpc) is 3.12. The third-order valence-electron chi connectivity index (χ3n) is 4.35. The van der Waals surface area contributed by atoms with E-state index >= 15 is 0 Å². The molecule has 0 spiro atoms. The summed E-state index contributed by atoms with van der Waals surface area (Å²) in [5.41, 5.74) is 0.186. The summed E-state index contributed by atoms with van der Waals surface area (Å²) >= 11 is 0. The Morgan fingerprint density at radius 2 is 2.14 bits per heavy atom. The van der Waals surface area contributed by atoms with Crippen molar-refractivity contribution in [3.63, 3.8) is 0 Å². The Balaban J connectivity index is 1.72. The van der Waals surface area contributed by atoms with Crippen molar-refractivity contribution in [2.24, 2.45) is 5.92 Å². The summed E-state index contributed by atoms with van der Waals surface area (Å²) < 4.78 is 32.5. The fourth-order valence-electron chi connectivity index (χ4n) is 2.78. The molecule has 116 valence electrons. The summed E-state index contributed by atoms with van der Waals surface area (Å²) in [6, 6.07) is 6.42. The summed E-state index contributed by atoms with van der Waals surface area (Å²) in [6.07, 6.45) is 2.32. The van der Waals surface area contributed by atoms with Gasteiger partial charge in [-0.25, -0.2) is 8.78 Å². The van der Waals surface area contributed by atoms with Crippen LogP contribution in [0.15, 0.2) is 41.0 Å². The maximum absolute atomic E-state index is 13.8. The quantitative estimate of drug-likeness (QED) is 0.859. The molecule has 1 heterocycles. The van der Waals surface area contributed by atoms with Crippen molar-refractivity contribution in [2.45, 2.75) is 25.3 Å². The topological polar surface area (TPSA) is 33.5 Å². The van der Waals surface area contributed by atoms with Gasteiger partial charge >= 0.3 is 0 Å². The molecule has 3 unspecified atom stereocenters. The number of furan rings is 1. The van der Waals surface area contributed by atoms with E-state index in [9.17, 15) is 13.6 Å². The van der Waals surface area contributed by atoms with Crippen LogP contribution in [0, 0.1) is 17.6 Å². The van der Waals surface area contributed by atoms with E-state index in [4.69, 9.17) is 4.42 Å². The Hall–Kier alpha value is -2.17. The third kappa shape index (κ3) is 2.63. The van der Waals surface area contributed by atoms with Crippen molar-refractivity contribution < 1.29 is 18.0 Å². The summed E-state index contributed by atoms with van der Waals surface area (Å²) in [4.78, 5) is 14.0. The van der Waals surface area contributed by atoms with Crippen molar-refractivity contribution in [3.8, 4) is 0 Å². The van der Waals surface area contributed by atoms with E-state index in [1.807, 2.05) is 6.07 Å². The van der Waals surface area contributed by atoms with Crippen molar-refractivity contribution in [2.75, 3.05) is 7.05 Å². The summed E-state index contributed by atoms with van der Waals surface area (Å²) in [5, 5.41) is 0. The Morgan fingerprint density at radius 3 is 2.82 bits per heavy atom. The fraction of sp³-hybridized carbons (Fsp3) is 0.353. The highest BCUT2D eigenvalue weighted by atomic mass is 19.1. The number of carbonyl (C=O) groups is 1. The molecule has 3 rings (SSSR count). The first-order valence-corrected chi connectivity index (χ1v) is 7.24.